The van der Waals surface area contributed by atoms with Gasteiger partial charge in [0.1, 0.15) is 23.9 Å². The Morgan fingerprint density at radius 3 is 2.40 bits per heavy atom. The summed E-state index contributed by atoms with van der Waals surface area (Å²) in [5, 5.41) is 0. The van der Waals surface area contributed by atoms with Gasteiger partial charge in [0, 0.05) is 25.2 Å². The number of hydrogen-bond acceptors (Lipinski definition) is 6. The molecule has 1 aliphatic rings. The minimum atomic E-state index is -4.65. The van der Waals surface area contributed by atoms with Crippen molar-refractivity contribution in [2.24, 2.45) is 0 Å². The van der Waals surface area contributed by atoms with Gasteiger partial charge in [0.05, 0.1) is 6.20 Å². The highest BCUT2D eigenvalue weighted by atomic mass is 19.4. The number of ether oxygens (including phenoxy) is 2. The molecule has 0 spiro atoms. The quantitative estimate of drug-likeness (QED) is 0.467. The van der Waals surface area contributed by atoms with E-state index in [0.29, 0.717) is 18.4 Å². The van der Waals surface area contributed by atoms with Crippen LogP contribution in [0.2, 0.25) is 0 Å². The average Bonchev–Trinajstić information content (AvgIpc) is 2.77. The van der Waals surface area contributed by atoms with Gasteiger partial charge in [0.25, 0.3) is 0 Å². The molecular weight excluding hydrogens is 475 g/mol. The normalized spacial score (nSPS) is 15.0. The van der Waals surface area contributed by atoms with E-state index in [0.717, 1.165) is 30.8 Å². The second-order valence-corrected chi connectivity index (χ2v) is 8.66. The third kappa shape index (κ3) is 5.05. The van der Waals surface area contributed by atoms with Gasteiger partial charge in [-0.3, -0.25) is 4.57 Å². The van der Waals surface area contributed by atoms with Crippen molar-refractivity contribution in [1.29, 1.82) is 0 Å². The molecule has 1 aromatic carbocycles. The number of nitrogens with zero attached hydrogens (tertiary/aromatic N) is 4. The Balaban J connectivity index is 1.50. The summed E-state index contributed by atoms with van der Waals surface area (Å²) in [7, 11) is 1.85. The highest BCUT2D eigenvalue weighted by Crippen LogP contribution is 2.33. The predicted molar refractivity (Wildman–Crippen MR) is 116 cm³/mol. The number of hydrogen-bond donors (Lipinski definition) is 0. The zero-order valence-electron chi connectivity index (χ0n) is 19.0. The molecule has 0 amide bonds. The average molecular weight is 496 g/mol. The van der Waals surface area contributed by atoms with E-state index >= 15 is 0 Å². The van der Waals surface area contributed by atoms with Crippen LogP contribution in [0.15, 0.2) is 41.3 Å². The van der Waals surface area contributed by atoms with Crippen molar-refractivity contribution in [1.82, 2.24) is 14.5 Å². The summed E-state index contributed by atoms with van der Waals surface area (Å²) in [6.07, 6.45) is -3.17. The summed E-state index contributed by atoms with van der Waals surface area (Å²) < 4.78 is 79.0. The van der Waals surface area contributed by atoms with Crippen LogP contribution < -0.4 is 20.1 Å². The van der Waals surface area contributed by atoms with E-state index in [4.69, 9.17) is 9.47 Å². The van der Waals surface area contributed by atoms with E-state index in [2.05, 4.69) is 9.97 Å². The highest BCUT2D eigenvalue weighted by Gasteiger charge is 2.33. The van der Waals surface area contributed by atoms with Gasteiger partial charge in [-0.2, -0.15) is 18.2 Å². The summed E-state index contributed by atoms with van der Waals surface area (Å²) in [4.78, 5) is 21.4. The third-order valence-electron chi connectivity index (χ3n) is 5.86. The maximum absolute atomic E-state index is 14.5. The highest BCUT2D eigenvalue weighted by molar-refractivity contribution is 5.46. The second kappa shape index (κ2) is 8.82. The Kier molecular flexibility index (Phi) is 6.16. The van der Waals surface area contributed by atoms with Gasteiger partial charge in [0.2, 0.25) is 5.88 Å². The minimum absolute atomic E-state index is 0.00257. The maximum Gasteiger partial charge on any atom is 0.433 e. The molecule has 0 atom stereocenters. The van der Waals surface area contributed by atoms with Gasteiger partial charge in [0.15, 0.2) is 17.4 Å². The first kappa shape index (κ1) is 24.4. The van der Waals surface area contributed by atoms with Crippen LogP contribution in [0, 0.1) is 11.6 Å². The number of alkyl halides is 3. The molecule has 0 unspecified atom stereocenters. The van der Waals surface area contributed by atoms with Crippen LogP contribution in [0.5, 0.6) is 17.4 Å². The van der Waals surface area contributed by atoms with Gasteiger partial charge in [-0.15, -0.1) is 0 Å². The lowest BCUT2D eigenvalue weighted by Crippen LogP contribution is -2.49. The Morgan fingerprint density at radius 2 is 1.80 bits per heavy atom. The molecule has 2 aromatic heterocycles. The van der Waals surface area contributed by atoms with Crippen LogP contribution in [0.4, 0.5) is 27.8 Å². The number of pyridine rings is 1. The fourth-order valence-electron chi connectivity index (χ4n) is 3.58. The van der Waals surface area contributed by atoms with E-state index in [1.807, 2.05) is 25.8 Å². The molecule has 7 nitrogen and oxygen atoms in total. The largest absolute Gasteiger partial charge is 0.473 e. The van der Waals surface area contributed by atoms with Crippen LogP contribution in [-0.4, -0.2) is 27.1 Å². The molecule has 0 bridgehead atoms. The molecule has 0 N–H and O–H groups in total. The van der Waals surface area contributed by atoms with Crippen LogP contribution in [0.25, 0.3) is 0 Å². The molecule has 3 heterocycles. The summed E-state index contributed by atoms with van der Waals surface area (Å²) in [6, 6.07) is 5.04. The van der Waals surface area contributed by atoms with Crippen molar-refractivity contribution in [2.45, 2.75) is 45.1 Å². The molecule has 186 valence electrons. The van der Waals surface area contributed by atoms with Crippen LogP contribution in [0.1, 0.15) is 31.5 Å². The van der Waals surface area contributed by atoms with Gasteiger partial charge in [-0.1, -0.05) is 0 Å². The first-order valence-electron chi connectivity index (χ1n) is 10.5. The maximum atomic E-state index is 14.5. The molecule has 0 saturated carbocycles. The minimum Gasteiger partial charge on any atom is -0.473 e. The van der Waals surface area contributed by atoms with Crippen molar-refractivity contribution in [3.8, 4) is 17.4 Å². The molecule has 0 aliphatic carbocycles. The summed E-state index contributed by atoms with van der Waals surface area (Å²) >= 11 is 0. The van der Waals surface area contributed by atoms with Crippen LogP contribution in [-0.2, 0) is 19.3 Å². The topological polar surface area (TPSA) is 69.5 Å². The van der Waals surface area contributed by atoms with E-state index in [9.17, 15) is 26.7 Å². The zero-order valence-corrected chi connectivity index (χ0v) is 19.0. The van der Waals surface area contributed by atoms with E-state index in [-0.39, 0.29) is 29.3 Å². The smallest absolute Gasteiger partial charge is 0.433 e. The van der Waals surface area contributed by atoms with Crippen LogP contribution in [0.3, 0.4) is 0 Å². The second-order valence-electron chi connectivity index (χ2n) is 8.66. The number of halogens is 5. The van der Waals surface area contributed by atoms with Gasteiger partial charge >= 0.3 is 11.9 Å². The van der Waals surface area contributed by atoms with Gasteiger partial charge in [-0.25, -0.2) is 18.6 Å². The van der Waals surface area contributed by atoms with Crippen LogP contribution >= 0.6 is 0 Å². The lowest BCUT2D eigenvalue weighted by Gasteiger charge is -2.42. The number of aromatic nitrogens is 3. The summed E-state index contributed by atoms with van der Waals surface area (Å²) in [6.45, 7) is 4.29. The van der Waals surface area contributed by atoms with Gasteiger partial charge in [-0.05, 0) is 50.1 Å². The first-order valence-corrected chi connectivity index (χ1v) is 10.5. The Hall–Kier alpha value is -3.70. The summed E-state index contributed by atoms with van der Waals surface area (Å²) in [5.41, 5.74) is -1.75. The number of benzene rings is 1. The Morgan fingerprint density at radius 1 is 1.11 bits per heavy atom. The predicted octanol–water partition coefficient (Wildman–Crippen LogP) is 4.93. The standard InChI is InChI=1S/C23H21F5N4O3/c1-22(2)6-7-32-19(31(22)3)10-18(30-21(32)33)34-12-13-8-15(24)20(16(25)9-13)35-14-4-5-17(29-11-14)23(26,27)28/h4-5,8-11H,6-7,12H2,1-3H3. The molecule has 4 rings (SSSR count). The van der Waals surface area contributed by atoms with Gasteiger partial charge < -0.3 is 14.4 Å². The lowest BCUT2D eigenvalue weighted by atomic mass is 9.96. The third-order valence-corrected chi connectivity index (χ3v) is 5.86. The fraction of sp³-hybridized carbons (Fsp3) is 0.348. The van der Waals surface area contributed by atoms with Crippen molar-refractivity contribution in [2.75, 3.05) is 11.9 Å². The molecule has 0 saturated heterocycles. The zero-order chi connectivity index (χ0) is 25.5. The molecule has 0 radical (unpaired) electrons. The number of fused-ring (bicyclic) bond motifs is 1. The first-order chi connectivity index (χ1) is 16.3. The fourth-order valence-corrected chi connectivity index (χ4v) is 3.58. The number of rotatable bonds is 5. The molecule has 0 fully saturated rings. The Bertz CT molecular complexity index is 1280. The summed E-state index contributed by atoms with van der Waals surface area (Å²) in [5.74, 6) is -2.65. The van der Waals surface area contributed by atoms with E-state index < -0.39 is 34.9 Å². The SMILES string of the molecule is CN1c2cc(OCc3cc(F)c(Oc4ccc(C(F)(F)F)nc4)c(F)c3)nc(=O)n2CCC1(C)C. The monoisotopic (exact) mass is 496 g/mol. The molecule has 1 aliphatic heterocycles. The lowest BCUT2D eigenvalue weighted by molar-refractivity contribution is -0.141. The number of anilines is 1. The van der Waals surface area contributed by atoms with Crippen molar-refractivity contribution >= 4 is 5.82 Å². The van der Waals surface area contributed by atoms with Crippen molar-refractivity contribution in [3.63, 3.8) is 0 Å². The van der Waals surface area contributed by atoms with Crippen molar-refractivity contribution in [3.05, 3.63) is 69.9 Å². The van der Waals surface area contributed by atoms with E-state index in [1.165, 1.54) is 4.57 Å². The van der Waals surface area contributed by atoms with E-state index in [1.54, 1.807) is 6.07 Å². The molecular formula is C23H21F5N4O3. The molecule has 35 heavy (non-hydrogen) atoms. The molecule has 3 aromatic rings. The Labute approximate surface area is 196 Å². The molecule has 12 heteroatoms. The van der Waals surface area contributed by atoms with Crippen molar-refractivity contribution < 1.29 is 31.4 Å².